The molecule has 1 aliphatic rings. The summed E-state index contributed by atoms with van der Waals surface area (Å²) in [7, 11) is 0. The fourth-order valence-electron chi connectivity index (χ4n) is 3.39. The largest absolute Gasteiger partial charge is 0.330 e. The van der Waals surface area contributed by atoms with Gasteiger partial charge in [-0.05, 0) is 55.0 Å². The van der Waals surface area contributed by atoms with Gasteiger partial charge in [-0.15, -0.1) is 0 Å². The van der Waals surface area contributed by atoms with Crippen LogP contribution >= 0.6 is 0 Å². The summed E-state index contributed by atoms with van der Waals surface area (Å²) >= 11 is 0. The minimum absolute atomic E-state index is 0.0227. The van der Waals surface area contributed by atoms with Gasteiger partial charge < -0.3 is 10.7 Å². The molecule has 0 bridgehead atoms. The van der Waals surface area contributed by atoms with Gasteiger partial charge in [0.25, 0.3) is 0 Å². The van der Waals surface area contributed by atoms with Gasteiger partial charge in [0, 0.05) is 22.9 Å². The van der Waals surface area contributed by atoms with Crippen molar-refractivity contribution in [1.29, 1.82) is 5.41 Å². The Labute approximate surface area is 136 Å². The maximum atomic E-state index is 12.2. The molecule has 1 fully saturated rings. The molecule has 3 heteroatoms. The molecule has 23 heavy (non-hydrogen) atoms. The van der Waals surface area contributed by atoms with Gasteiger partial charge in [0.1, 0.15) is 0 Å². The van der Waals surface area contributed by atoms with Crippen molar-refractivity contribution in [3.63, 3.8) is 0 Å². The molecule has 0 spiro atoms. The molecule has 2 N–H and O–H groups in total. The number of carbonyl (C=O) groups excluding carboxylic acids is 1. The SMILES string of the molecule is C=C1CCC(Cc2ccc(C)c3cccc(C(C)=N)c23)C(=O)N1. The van der Waals surface area contributed by atoms with Crippen molar-refractivity contribution in [2.24, 2.45) is 5.92 Å². The Morgan fingerprint density at radius 1 is 1.35 bits per heavy atom. The molecular weight excluding hydrogens is 284 g/mol. The molecule has 0 aromatic heterocycles. The van der Waals surface area contributed by atoms with Crippen LogP contribution in [0.4, 0.5) is 0 Å². The third-order valence-electron chi connectivity index (χ3n) is 4.68. The molecule has 3 rings (SSSR count). The molecule has 118 valence electrons. The second-order valence-electron chi connectivity index (χ2n) is 6.43. The van der Waals surface area contributed by atoms with Crippen LogP contribution in [-0.2, 0) is 11.2 Å². The van der Waals surface area contributed by atoms with E-state index >= 15 is 0 Å². The van der Waals surface area contributed by atoms with Crippen LogP contribution in [0.3, 0.4) is 0 Å². The number of allylic oxidation sites excluding steroid dienone is 1. The van der Waals surface area contributed by atoms with Crippen molar-refractivity contribution >= 4 is 22.4 Å². The first-order valence-corrected chi connectivity index (χ1v) is 8.02. The maximum Gasteiger partial charge on any atom is 0.227 e. The Morgan fingerprint density at radius 3 is 2.83 bits per heavy atom. The van der Waals surface area contributed by atoms with Crippen LogP contribution in [0, 0.1) is 18.3 Å². The highest BCUT2D eigenvalue weighted by Gasteiger charge is 2.25. The zero-order valence-corrected chi connectivity index (χ0v) is 13.7. The summed E-state index contributed by atoms with van der Waals surface area (Å²) in [6.45, 7) is 7.75. The fraction of sp³-hybridized carbons (Fsp3) is 0.300. The molecular formula is C20H22N2O. The number of benzene rings is 2. The lowest BCUT2D eigenvalue weighted by Crippen LogP contribution is -2.35. The second-order valence-corrected chi connectivity index (χ2v) is 6.43. The highest BCUT2D eigenvalue weighted by atomic mass is 16.1. The topological polar surface area (TPSA) is 53.0 Å². The van der Waals surface area contributed by atoms with E-state index in [2.05, 4.69) is 37.0 Å². The monoisotopic (exact) mass is 306 g/mol. The number of nitrogens with one attached hydrogen (secondary N) is 2. The lowest BCUT2D eigenvalue weighted by molar-refractivity contribution is -0.125. The zero-order valence-electron chi connectivity index (χ0n) is 13.7. The first kappa shape index (κ1) is 15.5. The summed E-state index contributed by atoms with van der Waals surface area (Å²) in [5.74, 6) is 0.0459. The van der Waals surface area contributed by atoms with Crippen LogP contribution in [0.1, 0.15) is 36.5 Å². The summed E-state index contributed by atoms with van der Waals surface area (Å²) in [4.78, 5) is 12.2. The minimum Gasteiger partial charge on any atom is -0.330 e. The molecule has 1 heterocycles. The summed E-state index contributed by atoms with van der Waals surface area (Å²) < 4.78 is 0. The van der Waals surface area contributed by atoms with Crippen LogP contribution in [0.25, 0.3) is 10.8 Å². The zero-order chi connectivity index (χ0) is 16.6. The van der Waals surface area contributed by atoms with Crippen molar-refractivity contribution in [2.45, 2.75) is 33.1 Å². The Kier molecular flexibility index (Phi) is 4.03. The molecule has 2 aromatic carbocycles. The molecule has 1 atom stereocenters. The van der Waals surface area contributed by atoms with E-state index in [-0.39, 0.29) is 11.8 Å². The van der Waals surface area contributed by atoms with E-state index < -0.39 is 0 Å². The predicted molar refractivity (Wildman–Crippen MR) is 94.9 cm³/mol. The van der Waals surface area contributed by atoms with Gasteiger partial charge in [0.2, 0.25) is 5.91 Å². The Morgan fingerprint density at radius 2 is 2.13 bits per heavy atom. The maximum absolute atomic E-state index is 12.2. The van der Waals surface area contributed by atoms with Gasteiger partial charge >= 0.3 is 0 Å². The highest BCUT2D eigenvalue weighted by Crippen LogP contribution is 2.30. The van der Waals surface area contributed by atoms with E-state index in [0.717, 1.165) is 35.1 Å². The minimum atomic E-state index is -0.0227. The van der Waals surface area contributed by atoms with Gasteiger partial charge in [0.15, 0.2) is 0 Å². The molecule has 0 radical (unpaired) electrons. The van der Waals surface area contributed by atoms with Crippen molar-refractivity contribution in [3.8, 4) is 0 Å². The van der Waals surface area contributed by atoms with Crippen LogP contribution in [-0.4, -0.2) is 11.6 Å². The second kappa shape index (κ2) is 5.99. The van der Waals surface area contributed by atoms with Gasteiger partial charge in [0.05, 0.1) is 0 Å². The van der Waals surface area contributed by atoms with E-state index in [9.17, 15) is 4.79 Å². The number of hydrogen-bond donors (Lipinski definition) is 2. The van der Waals surface area contributed by atoms with Crippen molar-refractivity contribution in [2.75, 3.05) is 0 Å². The molecule has 0 aliphatic carbocycles. The number of carbonyl (C=O) groups is 1. The fourth-order valence-corrected chi connectivity index (χ4v) is 3.39. The molecule has 3 nitrogen and oxygen atoms in total. The van der Waals surface area contributed by atoms with Crippen LogP contribution < -0.4 is 5.32 Å². The average molecular weight is 306 g/mol. The normalized spacial score (nSPS) is 18.1. The smallest absolute Gasteiger partial charge is 0.227 e. The Bertz CT molecular complexity index is 820. The highest BCUT2D eigenvalue weighted by molar-refractivity contribution is 6.10. The van der Waals surface area contributed by atoms with Gasteiger partial charge in [-0.3, -0.25) is 4.79 Å². The first-order valence-electron chi connectivity index (χ1n) is 8.02. The summed E-state index contributed by atoms with van der Waals surface area (Å²) in [5, 5.41) is 13.2. The third-order valence-corrected chi connectivity index (χ3v) is 4.68. The van der Waals surface area contributed by atoms with Gasteiger partial charge in [-0.25, -0.2) is 0 Å². The Balaban J connectivity index is 2.07. The van der Waals surface area contributed by atoms with Gasteiger partial charge in [-0.1, -0.05) is 36.9 Å². The van der Waals surface area contributed by atoms with Crippen molar-refractivity contribution < 1.29 is 4.79 Å². The number of aryl methyl sites for hydroxylation is 1. The summed E-state index contributed by atoms with van der Waals surface area (Å²) in [5.41, 5.74) is 4.69. The van der Waals surface area contributed by atoms with Crippen LogP contribution in [0.2, 0.25) is 0 Å². The van der Waals surface area contributed by atoms with Crippen molar-refractivity contribution in [1.82, 2.24) is 5.32 Å². The number of piperidine rings is 1. The average Bonchev–Trinajstić information content (AvgIpc) is 2.52. The molecule has 1 amide bonds. The standard InChI is InChI=1S/C20H22N2O/c1-12-7-9-15(11-16-10-8-13(2)22-20(16)23)19-17(12)5-4-6-18(19)14(3)21/h4-7,9,16,21H,2,8,10-11H2,1,3H3,(H,22,23). The van der Waals surface area contributed by atoms with Crippen molar-refractivity contribution in [3.05, 3.63) is 59.3 Å². The van der Waals surface area contributed by atoms with Crippen LogP contribution in [0.15, 0.2) is 42.6 Å². The van der Waals surface area contributed by atoms with Crippen LogP contribution in [0.5, 0.6) is 0 Å². The molecule has 1 saturated heterocycles. The molecule has 1 unspecified atom stereocenters. The lowest BCUT2D eigenvalue weighted by Gasteiger charge is -2.24. The summed E-state index contributed by atoms with van der Waals surface area (Å²) in [6, 6.07) is 10.3. The number of rotatable bonds is 3. The van der Waals surface area contributed by atoms with Gasteiger partial charge in [-0.2, -0.15) is 0 Å². The van der Waals surface area contributed by atoms with E-state index in [1.807, 2.05) is 19.1 Å². The Hall–Kier alpha value is -2.42. The number of amides is 1. The molecule has 2 aromatic rings. The van der Waals surface area contributed by atoms with E-state index in [1.54, 1.807) is 0 Å². The lowest BCUT2D eigenvalue weighted by atomic mass is 9.86. The predicted octanol–water partition coefficient (Wildman–Crippen LogP) is 4.12. The number of hydrogen-bond acceptors (Lipinski definition) is 2. The quantitative estimate of drug-likeness (QED) is 0.823. The van der Waals surface area contributed by atoms with E-state index in [0.29, 0.717) is 12.1 Å². The first-order chi connectivity index (χ1) is 11.0. The third kappa shape index (κ3) is 2.91. The van der Waals surface area contributed by atoms with E-state index in [4.69, 9.17) is 5.41 Å². The molecule has 0 saturated carbocycles. The number of fused-ring (bicyclic) bond motifs is 1. The summed E-state index contributed by atoms with van der Waals surface area (Å²) in [6.07, 6.45) is 2.39. The van der Waals surface area contributed by atoms with E-state index in [1.165, 1.54) is 10.9 Å². The molecule has 1 aliphatic heterocycles.